The van der Waals surface area contributed by atoms with Gasteiger partial charge in [0.1, 0.15) is 5.69 Å². The maximum atomic E-state index is 12.7. The molecule has 0 saturated carbocycles. The number of methoxy groups -OCH3 is 1. The third-order valence-corrected chi connectivity index (χ3v) is 2.27. The summed E-state index contributed by atoms with van der Waals surface area (Å²) in [7, 11) is 2.99. The number of hydrogen-bond acceptors (Lipinski definition) is 3. The van der Waals surface area contributed by atoms with Crippen molar-refractivity contribution in [3.05, 3.63) is 17.5 Å². The molecule has 0 atom stereocenters. The van der Waals surface area contributed by atoms with Crippen LogP contribution in [0.15, 0.2) is 6.20 Å². The van der Waals surface area contributed by atoms with Gasteiger partial charge in [0.05, 0.1) is 17.7 Å². The molecule has 0 aromatic carbocycles. The second kappa shape index (κ2) is 5.43. The van der Waals surface area contributed by atoms with Crippen LogP contribution in [0.1, 0.15) is 36.3 Å². The molecule has 0 bridgehead atoms. The Morgan fingerprint density at radius 3 is 2.72 bits per heavy atom. The molecule has 1 N–H and O–H groups in total. The van der Waals surface area contributed by atoms with Gasteiger partial charge in [-0.15, -0.1) is 0 Å². The zero-order valence-corrected chi connectivity index (χ0v) is 10.8. The lowest BCUT2D eigenvalue weighted by Gasteiger charge is -2.25. The number of hydrogen-bond donors (Lipinski definition) is 1. The first kappa shape index (κ1) is 14.6. The summed E-state index contributed by atoms with van der Waals surface area (Å²) in [6, 6.07) is 0. The first-order valence-corrected chi connectivity index (χ1v) is 5.40. The van der Waals surface area contributed by atoms with Gasteiger partial charge >= 0.3 is 0 Å². The van der Waals surface area contributed by atoms with Gasteiger partial charge in [-0.1, -0.05) is 0 Å². The van der Waals surface area contributed by atoms with E-state index in [2.05, 4.69) is 10.4 Å². The first-order chi connectivity index (χ1) is 8.26. The van der Waals surface area contributed by atoms with Crippen molar-refractivity contribution in [2.45, 2.75) is 25.8 Å². The molecule has 1 aromatic heterocycles. The molecular formula is C11H17F2N3O2. The molecule has 0 aliphatic heterocycles. The van der Waals surface area contributed by atoms with Crippen LogP contribution in [0.2, 0.25) is 0 Å². The van der Waals surface area contributed by atoms with Gasteiger partial charge in [-0.3, -0.25) is 9.48 Å². The summed E-state index contributed by atoms with van der Waals surface area (Å²) in [5.41, 5.74) is -1.26. The SMILES string of the molecule is COCC(C)(C)NC(=O)c1cn(C)nc1C(F)F. The lowest BCUT2D eigenvalue weighted by atomic mass is 10.1. The minimum Gasteiger partial charge on any atom is -0.382 e. The van der Waals surface area contributed by atoms with E-state index >= 15 is 0 Å². The number of rotatable bonds is 5. The zero-order valence-electron chi connectivity index (χ0n) is 10.8. The van der Waals surface area contributed by atoms with Crippen LogP contribution >= 0.6 is 0 Å². The molecule has 0 aliphatic carbocycles. The minimum absolute atomic E-state index is 0.114. The molecule has 0 spiro atoms. The van der Waals surface area contributed by atoms with Crippen LogP contribution in [0.5, 0.6) is 0 Å². The number of aromatic nitrogens is 2. The Kier molecular flexibility index (Phi) is 4.39. The minimum atomic E-state index is -2.78. The van der Waals surface area contributed by atoms with Gasteiger partial charge in [0.15, 0.2) is 0 Å². The lowest BCUT2D eigenvalue weighted by Crippen LogP contribution is -2.46. The van der Waals surface area contributed by atoms with Crippen molar-refractivity contribution in [3.63, 3.8) is 0 Å². The van der Waals surface area contributed by atoms with Gasteiger partial charge in [0.2, 0.25) is 0 Å². The molecule has 0 saturated heterocycles. The second-order valence-corrected chi connectivity index (χ2v) is 4.67. The summed E-state index contributed by atoms with van der Waals surface area (Å²) >= 11 is 0. The number of amides is 1. The fraction of sp³-hybridized carbons (Fsp3) is 0.636. The number of nitrogens with one attached hydrogen (secondary N) is 1. The number of carbonyl (C=O) groups is 1. The van der Waals surface area contributed by atoms with Crippen molar-refractivity contribution in [2.24, 2.45) is 7.05 Å². The predicted molar refractivity (Wildman–Crippen MR) is 61.6 cm³/mol. The fourth-order valence-corrected chi connectivity index (χ4v) is 1.61. The van der Waals surface area contributed by atoms with Crippen molar-refractivity contribution in [2.75, 3.05) is 13.7 Å². The number of ether oxygens (including phenoxy) is 1. The van der Waals surface area contributed by atoms with E-state index < -0.39 is 23.6 Å². The van der Waals surface area contributed by atoms with E-state index in [1.54, 1.807) is 13.8 Å². The van der Waals surface area contributed by atoms with Crippen molar-refractivity contribution >= 4 is 5.91 Å². The van der Waals surface area contributed by atoms with Crippen LogP contribution in [-0.4, -0.2) is 34.9 Å². The highest BCUT2D eigenvalue weighted by Gasteiger charge is 2.27. The van der Waals surface area contributed by atoms with E-state index in [0.29, 0.717) is 0 Å². The molecule has 7 heteroatoms. The van der Waals surface area contributed by atoms with Gasteiger partial charge < -0.3 is 10.1 Å². The van der Waals surface area contributed by atoms with Crippen LogP contribution in [0.4, 0.5) is 8.78 Å². The molecule has 1 aromatic rings. The van der Waals surface area contributed by atoms with E-state index in [9.17, 15) is 13.6 Å². The maximum Gasteiger partial charge on any atom is 0.282 e. The monoisotopic (exact) mass is 261 g/mol. The van der Waals surface area contributed by atoms with E-state index in [4.69, 9.17) is 4.74 Å². The molecule has 18 heavy (non-hydrogen) atoms. The molecule has 0 unspecified atom stereocenters. The highest BCUT2D eigenvalue weighted by molar-refractivity contribution is 5.95. The van der Waals surface area contributed by atoms with Crippen LogP contribution in [-0.2, 0) is 11.8 Å². The van der Waals surface area contributed by atoms with Gasteiger partial charge in [0.25, 0.3) is 12.3 Å². The van der Waals surface area contributed by atoms with Crippen LogP contribution < -0.4 is 5.32 Å². The first-order valence-electron chi connectivity index (χ1n) is 5.40. The number of alkyl halides is 2. The molecule has 1 amide bonds. The van der Waals surface area contributed by atoms with E-state index in [1.165, 1.54) is 25.0 Å². The number of carbonyl (C=O) groups excluding carboxylic acids is 1. The number of aryl methyl sites for hydroxylation is 1. The number of nitrogens with zero attached hydrogens (tertiary/aromatic N) is 2. The van der Waals surface area contributed by atoms with E-state index in [0.717, 1.165) is 0 Å². The van der Waals surface area contributed by atoms with Gasteiger partial charge in [0, 0.05) is 20.4 Å². The van der Waals surface area contributed by atoms with Crippen molar-refractivity contribution in [3.8, 4) is 0 Å². The van der Waals surface area contributed by atoms with Gasteiger partial charge in [-0.05, 0) is 13.8 Å². The molecule has 1 rings (SSSR count). The summed E-state index contributed by atoms with van der Waals surface area (Å²) in [5, 5.41) is 6.21. The average Bonchev–Trinajstić information content (AvgIpc) is 2.59. The fourth-order valence-electron chi connectivity index (χ4n) is 1.61. The summed E-state index contributed by atoms with van der Waals surface area (Å²) in [5.74, 6) is -0.583. The molecule has 5 nitrogen and oxygen atoms in total. The maximum absolute atomic E-state index is 12.7. The summed E-state index contributed by atoms with van der Waals surface area (Å²) in [4.78, 5) is 11.9. The van der Waals surface area contributed by atoms with Crippen molar-refractivity contribution in [1.82, 2.24) is 15.1 Å². The third kappa shape index (κ3) is 3.49. The van der Waals surface area contributed by atoms with Crippen LogP contribution in [0, 0.1) is 0 Å². The zero-order chi connectivity index (χ0) is 13.9. The molecule has 0 aliphatic rings. The summed E-state index contributed by atoms with van der Waals surface area (Å²) < 4.78 is 31.5. The van der Waals surface area contributed by atoms with Gasteiger partial charge in [-0.25, -0.2) is 8.78 Å². The molecule has 0 fully saturated rings. The Morgan fingerprint density at radius 1 is 1.61 bits per heavy atom. The van der Waals surface area contributed by atoms with Crippen molar-refractivity contribution < 1.29 is 18.3 Å². The van der Waals surface area contributed by atoms with E-state index in [1.807, 2.05) is 0 Å². The lowest BCUT2D eigenvalue weighted by molar-refractivity contribution is 0.0808. The number of halogens is 2. The largest absolute Gasteiger partial charge is 0.382 e. The van der Waals surface area contributed by atoms with Crippen LogP contribution in [0.25, 0.3) is 0 Å². The van der Waals surface area contributed by atoms with Gasteiger partial charge in [-0.2, -0.15) is 5.10 Å². The molecular weight excluding hydrogens is 244 g/mol. The molecule has 0 radical (unpaired) electrons. The Bertz CT molecular complexity index is 430. The quantitative estimate of drug-likeness (QED) is 0.874. The standard InChI is InChI=1S/C11H17F2N3O2/c1-11(2,6-18-4)14-10(17)7-5-16(3)15-8(7)9(12)13/h5,9H,6H2,1-4H3,(H,14,17). The summed E-state index contributed by atoms with van der Waals surface area (Å²) in [6.07, 6.45) is -1.50. The van der Waals surface area contributed by atoms with Crippen molar-refractivity contribution in [1.29, 1.82) is 0 Å². The Morgan fingerprint density at radius 2 is 2.22 bits per heavy atom. The Balaban J connectivity index is 2.91. The second-order valence-electron chi connectivity index (χ2n) is 4.67. The Hall–Kier alpha value is -1.50. The smallest absolute Gasteiger partial charge is 0.282 e. The predicted octanol–water partition coefficient (Wildman–Crippen LogP) is 1.51. The van der Waals surface area contributed by atoms with E-state index in [-0.39, 0.29) is 12.2 Å². The average molecular weight is 261 g/mol. The molecule has 102 valence electrons. The topological polar surface area (TPSA) is 56.1 Å². The summed E-state index contributed by atoms with van der Waals surface area (Å²) in [6.45, 7) is 3.77. The highest BCUT2D eigenvalue weighted by atomic mass is 19.3. The highest BCUT2D eigenvalue weighted by Crippen LogP contribution is 2.21. The molecule has 1 heterocycles. The normalized spacial score (nSPS) is 11.9. The Labute approximate surface area is 104 Å². The third-order valence-electron chi connectivity index (χ3n) is 2.27. The van der Waals surface area contributed by atoms with Crippen LogP contribution in [0.3, 0.4) is 0 Å².